The predicted molar refractivity (Wildman–Crippen MR) is 153 cm³/mol. The van der Waals surface area contributed by atoms with Crippen LogP contribution in [-0.4, -0.2) is 74.4 Å². The first-order valence-corrected chi connectivity index (χ1v) is 15.0. The van der Waals surface area contributed by atoms with E-state index in [1.165, 1.54) is 150 Å². The van der Waals surface area contributed by atoms with E-state index >= 15 is 0 Å². The largest absolute Gasteiger partial charge is 0.318 e. The Hall–Kier alpha value is -1.72. The van der Waals surface area contributed by atoms with Crippen molar-refractivity contribution in [2.24, 2.45) is 0 Å². The van der Waals surface area contributed by atoms with Crippen molar-refractivity contribution in [3.05, 3.63) is 71.8 Å². The molecule has 0 aliphatic carbocycles. The van der Waals surface area contributed by atoms with E-state index in [4.69, 9.17) is 0 Å². The van der Waals surface area contributed by atoms with Gasteiger partial charge in [-0.1, -0.05) is 86.3 Å². The fourth-order valence-corrected chi connectivity index (χ4v) is 6.56. The minimum atomic E-state index is 1.18. The van der Waals surface area contributed by atoms with Crippen LogP contribution in [0, 0.1) is 0 Å². The molecule has 0 saturated carbocycles. The number of hydrogen-bond acceptors (Lipinski definition) is 2. The second-order valence-electron chi connectivity index (χ2n) is 11.6. The van der Waals surface area contributed by atoms with Gasteiger partial charge in [0.15, 0.2) is 0 Å². The summed E-state index contributed by atoms with van der Waals surface area (Å²) in [5, 5.41) is 7.15. The van der Waals surface area contributed by atoms with Crippen molar-refractivity contribution in [1.29, 1.82) is 0 Å². The van der Waals surface area contributed by atoms with Crippen molar-refractivity contribution in [3.63, 3.8) is 0 Å². The van der Waals surface area contributed by atoms with Crippen LogP contribution in [0.3, 0.4) is 0 Å². The summed E-state index contributed by atoms with van der Waals surface area (Å²) < 4.78 is 2.57. The molecular formula is C32H52N4+2. The highest BCUT2D eigenvalue weighted by atomic mass is 15.4. The highest BCUT2D eigenvalue weighted by Crippen LogP contribution is 2.20. The number of nitrogens with zero attached hydrogens (tertiary/aromatic N) is 2. The molecule has 4 heteroatoms. The maximum absolute atomic E-state index is 3.58. The molecule has 2 aromatic carbocycles. The topological polar surface area (TPSA) is 24.1 Å². The van der Waals surface area contributed by atoms with Gasteiger partial charge < -0.3 is 19.6 Å². The normalized spacial score (nSPS) is 19.2. The molecule has 0 spiro atoms. The van der Waals surface area contributed by atoms with Crippen LogP contribution in [-0.2, 0) is 13.1 Å². The van der Waals surface area contributed by atoms with Gasteiger partial charge in [-0.2, -0.15) is 0 Å². The molecule has 198 valence electrons. The van der Waals surface area contributed by atoms with Crippen molar-refractivity contribution in [2.45, 2.75) is 64.5 Å². The summed E-state index contributed by atoms with van der Waals surface area (Å²) in [4.78, 5) is 0. The summed E-state index contributed by atoms with van der Waals surface area (Å²) in [6.45, 7) is 15.0. The van der Waals surface area contributed by atoms with E-state index in [1.807, 2.05) is 0 Å². The lowest BCUT2D eigenvalue weighted by Gasteiger charge is -2.42. The van der Waals surface area contributed by atoms with Crippen LogP contribution >= 0.6 is 0 Å². The summed E-state index contributed by atoms with van der Waals surface area (Å²) in [7, 11) is 0. The van der Waals surface area contributed by atoms with Crippen LogP contribution in [0.4, 0.5) is 0 Å². The molecule has 0 radical (unpaired) electrons. The Labute approximate surface area is 221 Å². The smallest absolute Gasteiger partial charge is 0.104 e. The molecule has 2 fully saturated rings. The van der Waals surface area contributed by atoms with E-state index in [1.54, 1.807) is 0 Å². The Morgan fingerprint density at radius 3 is 1.14 bits per heavy atom. The van der Waals surface area contributed by atoms with Crippen LogP contribution < -0.4 is 10.6 Å². The van der Waals surface area contributed by atoms with Gasteiger partial charge in [0.25, 0.3) is 0 Å². The number of benzene rings is 2. The molecule has 4 rings (SSSR count). The third kappa shape index (κ3) is 8.99. The molecule has 36 heavy (non-hydrogen) atoms. The molecule has 2 aromatic rings. The SMILES string of the molecule is c1ccc(C[N+]2(CCCCCCCCCC[N+]3(Cc4ccccc4)CCNCC3)CCNCC2)cc1. The maximum Gasteiger partial charge on any atom is 0.104 e. The van der Waals surface area contributed by atoms with E-state index in [0.29, 0.717) is 0 Å². The Balaban J connectivity index is 1.08. The minimum absolute atomic E-state index is 1.18. The van der Waals surface area contributed by atoms with Crippen molar-refractivity contribution >= 4 is 0 Å². The van der Waals surface area contributed by atoms with Gasteiger partial charge in [0.05, 0.1) is 39.3 Å². The molecule has 2 heterocycles. The highest BCUT2D eigenvalue weighted by Gasteiger charge is 2.30. The lowest BCUT2D eigenvalue weighted by Crippen LogP contribution is -2.58. The van der Waals surface area contributed by atoms with Gasteiger partial charge in [-0.15, -0.1) is 0 Å². The molecule has 2 saturated heterocycles. The van der Waals surface area contributed by atoms with Crippen molar-refractivity contribution in [1.82, 2.24) is 10.6 Å². The summed E-state index contributed by atoms with van der Waals surface area (Å²) in [5.41, 5.74) is 3.01. The summed E-state index contributed by atoms with van der Waals surface area (Å²) >= 11 is 0. The third-order valence-corrected chi connectivity index (χ3v) is 8.79. The van der Waals surface area contributed by atoms with Crippen molar-refractivity contribution in [2.75, 3.05) is 65.4 Å². The van der Waals surface area contributed by atoms with Gasteiger partial charge in [-0.25, -0.2) is 0 Å². The Bertz CT molecular complexity index is 754. The number of unbranched alkanes of at least 4 members (excludes halogenated alkanes) is 7. The van der Waals surface area contributed by atoms with E-state index in [-0.39, 0.29) is 0 Å². The van der Waals surface area contributed by atoms with Gasteiger partial charge >= 0.3 is 0 Å². The molecule has 0 bridgehead atoms. The van der Waals surface area contributed by atoms with Crippen LogP contribution in [0.5, 0.6) is 0 Å². The first-order chi connectivity index (χ1) is 17.8. The second-order valence-corrected chi connectivity index (χ2v) is 11.6. The molecule has 0 amide bonds. The van der Waals surface area contributed by atoms with Gasteiger partial charge in [0.1, 0.15) is 13.1 Å². The van der Waals surface area contributed by atoms with Crippen LogP contribution in [0.25, 0.3) is 0 Å². The van der Waals surface area contributed by atoms with Crippen molar-refractivity contribution in [3.8, 4) is 0 Å². The Kier molecular flexibility index (Phi) is 11.3. The van der Waals surface area contributed by atoms with Gasteiger partial charge in [0, 0.05) is 37.3 Å². The number of quaternary nitrogens is 2. The average Bonchev–Trinajstić information content (AvgIpc) is 2.92. The molecule has 2 aliphatic heterocycles. The highest BCUT2D eigenvalue weighted by molar-refractivity contribution is 5.14. The maximum atomic E-state index is 3.58. The number of rotatable bonds is 15. The van der Waals surface area contributed by atoms with Gasteiger partial charge in [-0.05, 0) is 25.7 Å². The predicted octanol–water partition coefficient (Wildman–Crippen LogP) is 5.35. The Morgan fingerprint density at radius 1 is 0.444 bits per heavy atom. The molecule has 0 unspecified atom stereocenters. The fourth-order valence-electron chi connectivity index (χ4n) is 6.56. The standard InChI is InChI=1S/C32H52N4/c1(3-5-13-23-35(25-19-33-20-26-35)29-31-15-9-7-10-16-31)2-4-6-14-24-36(27-21-34-22-28-36)30-32-17-11-8-12-18-32/h7-12,15-18,33-34H,1-6,13-14,19-30H2/q+2. The van der Waals surface area contributed by atoms with Crippen LogP contribution in [0.15, 0.2) is 60.7 Å². The molecule has 4 nitrogen and oxygen atoms in total. The quantitative estimate of drug-likeness (QED) is 0.259. The van der Waals surface area contributed by atoms with E-state index < -0.39 is 0 Å². The number of hydrogen-bond donors (Lipinski definition) is 2. The van der Waals surface area contributed by atoms with Crippen LogP contribution in [0.1, 0.15) is 62.5 Å². The zero-order chi connectivity index (χ0) is 24.8. The fraction of sp³-hybridized carbons (Fsp3) is 0.625. The number of nitrogens with one attached hydrogen (secondary N) is 2. The zero-order valence-corrected chi connectivity index (χ0v) is 22.8. The monoisotopic (exact) mass is 492 g/mol. The zero-order valence-electron chi connectivity index (χ0n) is 22.8. The van der Waals surface area contributed by atoms with Crippen molar-refractivity contribution < 1.29 is 8.97 Å². The lowest BCUT2D eigenvalue weighted by molar-refractivity contribution is -0.942. The third-order valence-electron chi connectivity index (χ3n) is 8.79. The lowest BCUT2D eigenvalue weighted by atomic mass is 10.1. The van der Waals surface area contributed by atoms with E-state index in [0.717, 1.165) is 0 Å². The summed E-state index contributed by atoms with van der Waals surface area (Å²) in [6.07, 6.45) is 11.3. The van der Waals surface area contributed by atoms with E-state index in [9.17, 15) is 0 Å². The van der Waals surface area contributed by atoms with Crippen LogP contribution in [0.2, 0.25) is 0 Å². The van der Waals surface area contributed by atoms with E-state index in [2.05, 4.69) is 71.3 Å². The second kappa shape index (κ2) is 14.9. The molecule has 0 aromatic heterocycles. The molecule has 2 N–H and O–H groups in total. The number of piperazine rings is 2. The van der Waals surface area contributed by atoms with Gasteiger partial charge in [-0.3, -0.25) is 0 Å². The minimum Gasteiger partial charge on any atom is -0.318 e. The first kappa shape index (κ1) is 27.3. The average molecular weight is 493 g/mol. The molecule has 0 atom stereocenters. The summed E-state index contributed by atoms with van der Waals surface area (Å²) in [5.74, 6) is 0. The first-order valence-electron chi connectivity index (χ1n) is 15.0. The molecule has 2 aliphatic rings. The summed E-state index contributed by atoms with van der Waals surface area (Å²) in [6, 6.07) is 22.3. The van der Waals surface area contributed by atoms with Gasteiger partial charge in [0.2, 0.25) is 0 Å². The Morgan fingerprint density at radius 2 is 0.778 bits per heavy atom. The molecular weight excluding hydrogens is 440 g/mol.